The Kier molecular flexibility index (Phi) is 3.03. The van der Waals surface area contributed by atoms with E-state index in [2.05, 4.69) is 15.9 Å². The summed E-state index contributed by atoms with van der Waals surface area (Å²) in [4.78, 5) is 11.7. The van der Waals surface area contributed by atoms with Crippen molar-refractivity contribution in [1.82, 2.24) is 0 Å². The zero-order valence-corrected chi connectivity index (χ0v) is 10.8. The third kappa shape index (κ3) is 2.05. The largest absolute Gasteiger partial charge is 0.369 e. The Morgan fingerprint density at radius 2 is 2.12 bits per heavy atom. The van der Waals surface area contributed by atoms with E-state index >= 15 is 0 Å². The number of carbonyl (C=O) groups excluding carboxylic acids is 1. The summed E-state index contributed by atoms with van der Waals surface area (Å²) in [5, 5.41) is 0. The average Bonchev–Trinajstić information content (AvgIpc) is 2.86. The van der Waals surface area contributed by atoms with Crippen molar-refractivity contribution in [3.8, 4) is 0 Å². The zero-order chi connectivity index (χ0) is 11.8. The number of benzene rings is 1. The number of alkyl halides is 1. The Hall–Kier alpha value is -0.710. The fourth-order valence-electron chi connectivity index (χ4n) is 2.40. The van der Waals surface area contributed by atoms with Gasteiger partial charge >= 0.3 is 0 Å². The number of fused-ring (bicyclic) bond motifs is 2. The lowest BCUT2D eigenvalue weighted by atomic mass is 9.96. The van der Waals surface area contributed by atoms with E-state index in [-0.39, 0.29) is 28.9 Å². The van der Waals surface area contributed by atoms with Gasteiger partial charge in [-0.15, -0.1) is 0 Å². The molecule has 0 radical (unpaired) electrons. The Balaban J connectivity index is 1.64. The molecule has 2 heterocycles. The molecule has 0 amide bonds. The van der Waals surface area contributed by atoms with Gasteiger partial charge in [0.25, 0.3) is 0 Å². The van der Waals surface area contributed by atoms with Gasteiger partial charge in [0, 0.05) is 6.42 Å². The first-order chi connectivity index (χ1) is 8.25. The number of ether oxygens (including phenoxy) is 2. The van der Waals surface area contributed by atoms with Crippen LogP contribution in [0.25, 0.3) is 0 Å². The molecule has 4 heteroatoms. The molecule has 3 nitrogen and oxygen atoms in total. The maximum absolute atomic E-state index is 11.6. The van der Waals surface area contributed by atoms with E-state index in [1.54, 1.807) is 0 Å². The summed E-state index contributed by atoms with van der Waals surface area (Å²) in [5.41, 5.74) is 1.11. The van der Waals surface area contributed by atoms with E-state index in [0.717, 1.165) is 5.56 Å². The summed E-state index contributed by atoms with van der Waals surface area (Å²) >= 11 is 3.56. The molecule has 0 saturated carbocycles. The summed E-state index contributed by atoms with van der Waals surface area (Å²) in [6.07, 6.45) is -0.00555. The average molecular weight is 297 g/mol. The number of carbonyl (C=O) groups is 1. The number of ketones is 1. The van der Waals surface area contributed by atoms with Crippen molar-refractivity contribution >= 4 is 21.7 Å². The quantitative estimate of drug-likeness (QED) is 0.801. The lowest BCUT2D eigenvalue weighted by Gasteiger charge is -2.23. The highest BCUT2D eigenvalue weighted by Crippen LogP contribution is 2.38. The second-order valence-corrected chi connectivity index (χ2v) is 5.53. The predicted molar refractivity (Wildman–Crippen MR) is 66.0 cm³/mol. The van der Waals surface area contributed by atoms with Gasteiger partial charge in [0.1, 0.15) is 12.2 Å². The number of halogens is 1. The van der Waals surface area contributed by atoms with E-state index in [9.17, 15) is 4.79 Å². The van der Waals surface area contributed by atoms with Gasteiger partial charge in [-0.05, 0) is 5.56 Å². The standard InChI is InChI=1S/C13H13BrO3/c14-11-10-6-9(15)12(17-10)13(11)16-7-8-4-2-1-3-5-8/h1-5,10-13H,6-7H2/t10-,11-,12+,13+/m0/s1. The molecule has 1 aromatic carbocycles. The summed E-state index contributed by atoms with van der Waals surface area (Å²) in [6, 6.07) is 9.96. The lowest BCUT2D eigenvalue weighted by molar-refractivity contribution is -0.127. The Labute approximate surface area is 108 Å². The molecule has 0 N–H and O–H groups in total. The van der Waals surface area contributed by atoms with Crippen molar-refractivity contribution in [2.75, 3.05) is 0 Å². The topological polar surface area (TPSA) is 35.5 Å². The highest BCUT2D eigenvalue weighted by Gasteiger charge is 2.53. The van der Waals surface area contributed by atoms with E-state index in [4.69, 9.17) is 9.47 Å². The second-order valence-electron chi connectivity index (χ2n) is 4.47. The van der Waals surface area contributed by atoms with Crippen molar-refractivity contribution in [1.29, 1.82) is 0 Å². The molecule has 0 aromatic heterocycles. The van der Waals surface area contributed by atoms with Crippen LogP contribution in [-0.2, 0) is 20.9 Å². The van der Waals surface area contributed by atoms with Crippen LogP contribution in [0, 0.1) is 0 Å². The first kappa shape index (κ1) is 11.4. The van der Waals surface area contributed by atoms with Crippen LogP contribution in [0.1, 0.15) is 12.0 Å². The first-order valence-electron chi connectivity index (χ1n) is 5.73. The van der Waals surface area contributed by atoms with E-state index in [0.29, 0.717) is 13.0 Å². The van der Waals surface area contributed by atoms with Gasteiger partial charge in [-0.3, -0.25) is 4.79 Å². The lowest BCUT2D eigenvalue weighted by Crippen LogP contribution is -2.40. The third-order valence-corrected chi connectivity index (χ3v) is 4.40. The van der Waals surface area contributed by atoms with Crippen LogP contribution < -0.4 is 0 Å². The Morgan fingerprint density at radius 3 is 2.82 bits per heavy atom. The van der Waals surface area contributed by atoms with Crippen LogP contribution in [0.2, 0.25) is 0 Å². The van der Waals surface area contributed by atoms with Crippen molar-refractivity contribution in [2.24, 2.45) is 0 Å². The van der Waals surface area contributed by atoms with Gasteiger partial charge in [0.05, 0.1) is 17.5 Å². The number of hydrogen-bond acceptors (Lipinski definition) is 3. The van der Waals surface area contributed by atoms with Gasteiger partial charge in [-0.2, -0.15) is 0 Å². The number of rotatable bonds is 3. The molecule has 3 rings (SSSR count). The molecular weight excluding hydrogens is 284 g/mol. The molecule has 90 valence electrons. The van der Waals surface area contributed by atoms with Crippen LogP contribution in [-0.4, -0.2) is 28.9 Å². The van der Waals surface area contributed by atoms with Crippen LogP contribution in [0.4, 0.5) is 0 Å². The summed E-state index contributed by atoms with van der Waals surface area (Å²) in [6.45, 7) is 0.521. The molecule has 4 atom stereocenters. The summed E-state index contributed by atoms with van der Waals surface area (Å²) in [7, 11) is 0. The number of Topliss-reactive ketones (excluding diaryl/α,β-unsaturated/α-hetero) is 1. The maximum atomic E-state index is 11.6. The molecular formula is C13H13BrO3. The molecule has 17 heavy (non-hydrogen) atoms. The number of hydrogen-bond donors (Lipinski definition) is 0. The second kappa shape index (κ2) is 4.52. The third-order valence-electron chi connectivity index (χ3n) is 3.29. The highest BCUT2D eigenvalue weighted by atomic mass is 79.9. The Bertz CT molecular complexity index is 420. The summed E-state index contributed by atoms with van der Waals surface area (Å²) in [5.74, 6) is 0.170. The molecule has 1 aromatic rings. The van der Waals surface area contributed by atoms with E-state index < -0.39 is 0 Å². The van der Waals surface area contributed by atoms with Gasteiger partial charge in [-0.25, -0.2) is 0 Å². The van der Waals surface area contributed by atoms with Crippen LogP contribution in [0.5, 0.6) is 0 Å². The van der Waals surface area contributed by atoms with E-state index in [1.165, 1.54) is 0 Å². The maximum Gasteiger partial charge on any atom is 0.166 e. The minimum Gasteiger partial charge on any atom is -0.369 e. The van der Waals surface area contributed by atoms with E-state index in [1.807, 2.05) is 30.3 Å². The fourth-order valence-corrected chi connectivity index (χ4v) is 3.14. The van der Waals surface area contributed by atoms with Crippen LogP contribution in [0.3, 0.4) is 0 Å². The van der Waals surface area contributed by atoms with Crippen molar-refractivity contribution < 1.29 is 14.3 Å². The molecule has 0 spiro atoms. The summed E-state index contributed by atoms with van der Waals surface area (Å²) < 4.78 is 11.4. The molecule has 2 fully saturated rings. The van der Waals surface area contributed by atoms with Gasteiger partial charge in [-0.1, -0.05) is 46.3 Å². The molecule has 2 aliphatic heterocycles. The molecule has 0 aliphatic carbocycles. The normalized spacial score (nSPS) is 35.5. The zero-order valence-electron chi connectivity index (χ0n) is 9.21. The van der Waals surface area contributed by atoms with Crippen molar-refractivity contribution in [3.05, 3.63) is 35.9 Å². The molecule has 2 aliphatic rings. The van der Waals surface area contributed by atoms with Crippen LogP contribution in [0.15, 0.2) is 30.3 Å². The smallest absolute Gasteiger partial charge is 0.166 e. The molecule has 0 unspecified atom stereocenters. The van der Waals surface area contributed by atoms with Gasteiger partial charge in [0.15, 0.2) is 5.78 Å². The minimum atomic E-state index is -0.368. The molecule has 2 saturated heterocycles. The minimum absolute atomic E-state index is 0.00623. The van der Waals surface area contributed by atoms with Crippen molar-refractivity contribution in [2.45, 2.75) is 36.2 Å². The fraction of sp³-hybridized carbons (Fsp3) is 0.462. The molecule has 2 bridgehead atoms. The van der Waals surface area contributed by atoms with Crippen LogP contribution >= 0.6 is 15.9 Å². The highest BCUT2D eigenvalue weighted by molar-refractivity contribution is 9.09. The Morgan fingerprint density at radius 1 is 1.35 bits per heavy atom. The monoisotopic (exact) mass is 296 g/mol. The first-order valence-corrected chi connectivity index (χ1v) is 6.65. The predicted octanol–water partition coefficient (Wildman–Crippen LogP) is 2.08. The SMILES string of the molecule is O=C1C[C@@H]2O[C@H]1[C@H](OCc1ccccc1)[C@H]2Br. The van der Waals surface area contributed by atoms with Crippen molar-refractivity contribution in [3.63, 3.8) is 0 Å². The van der Waals surface area contributed by atoms with Gasteiger partial charge < -0.3 is 9.47 Å². The van der Waals surface area contributed by atoms with Gasteiger partial charge in [0.2, 0.25) is 0 Å².